The normalized spacial score (nSPS) is 18.5. The molecule has 4 nitrogen and oxygen atoms in total. The maximum atomic E-state index is 13.2. The Labute approximate surface area is 157 Å². The number of hydrogen-bond acceptors (Lipinski definition) is 4. The van der Waals surface area contributed by atoms with E-state index in [1.54, 1.807) is 24.3 Å². The van der Waals surface area contributed by atoms with Crippen LogP contribution in [0.1, 0.15) is 47.8 Å². The fraction of sp³-hybridized carbons (Fsp3) is 0.238. The number of Topliss-reactive ketones (excluding diaryl/α,β-unsaturated/α-hetero) is 1. The van der Waals surface area contributed by atoms with Crippen molar-refractivity contribution in [3.8, 4) is 11.8 Å². The summed E-state index contributed by atoms with van der Waals surface area (Å²) in [5.41, 5.74) is 2.76. The lowest BCUT2D eigenvalue weighted by Crippen LogP contribution is -2.38. The van der Waals surface area contributed by atoms with Gasteiger partial charge in [0.05, 0.1) is 16.7 Å². The van der Waals surface area contributed by atoms with Gasteiger partial charge in [-0.05, 0) is 36.8 Å². The van der Waals surface area contributed by atoms with Crippen molar-refractivity contribution in [2.75, 3.05) is 5.32 Å². The van der Waals surface area contributed by atoms with E-state index in [2.05, 4.69) is 18.0 Å². The molecule has 1 aliphatic heterocycles. The van der Waals surface area contributed by atoms with Gasteiger partial charge in [0.25, 0.3) is 0 Å². The van der Waals surface area contributed by atoms with Crippen LogP contribution in [0.25, 0.3) is 5.57 Å². The summed E-state index contributed by atoms with van der Waals surface area (Å²) in [7, 11) is 0. The monoisotopic (exact) mass is 366 g/mol. The topological polar surface area (TPSA) is 73.1 Å². The Hall–Kier alpha value is -2.77. The van der Waals surface area contributed by atoms with E-state index in [1.165, 1.54) is 6.07 Å². The van der Waals surface area contributed by atoms with Crippen molar-refractivity contribution in [1.82, 2.24) is 0 Å². The van der Waals surface area contributed by atoms with Gasteiger partial charge in [-0.2, -0.15) is 5.26 Å². The zero-order valence-corrected chi connectivity index (χ0v) is 15.6. The molecule has 3 rings (SSSR count). The van der Waals surface area contributed by atoms with Gasteiger partial charge in [0.1, 0.15) is 5.75 Å². The number of allylic oxidation sites excluding steroid dienone is 1. The summed E-state index contributed by atoms with van der Waals surface area (Å²) < 4.78 is 0. The lowest BCUT2D eigenvalue weighted by Gasteiger charge is -2.34. The number of nitrogens with zero attached hydrogens (tertiary/aromatic N) is 1. The van der Waals surface area contributed by atoms with Crippen molar-refractivity contribution in [2.24, 2.45) is 0 Å². The number of ketones is 1. The number of nitrogens with one attached hydrogen (secondary N) is 1. The minimum absolute atomic E-state index is 0.0624. The zero-order chi connectivity index (χ0) is 19.2. The molecule has 1 unspecified atom stereocenters. The first-order chi connectivity index (χ1) is 12.2. The van der Waals surface area contributed by atoms with Crippen molar-refractivity contribution in [2.45, 2.75) is 32.2 Å². The second-order valence-electron chi connectivity index (χ2n) is 7.12. The molecule has 2 N–H and O–H groups in total. The third-order valence-corrected chi connectivity index (χ3v) is 5.53. The molecular weight excluding hydrogens is 348 g/mol. The van der Waals surface area contributed by atoms with E-state index >= 15 is 0 Å². The van der Waals surface area contributed by atoms with E-state index in [9.17, 15) is 15.2 Å². The van der Waals surface area contributed by atoms with E-state index in [0.29, 0.717) is 33.5 Å². The maximum Gasteiger partial charge on any atom is 0.193 e. The molecule has 1 atom stereocenters. The maximum absolute atomic E-state index is 13.2. The molecule has 2 aromatic carbocycles. The number of rotatable bonds is 0. The average molecular weight is 367 g/mol. The summed E-state index contributed by atoms with van der Waals surface area (Å²) >= 11 is 6.08. The van der Waals surface area contributed by atoms with Crippen LogP contribution in [0.4, 0.5) is 5.69 Å². The molecule has 0 bridgehead atoms. The van der Waals surface area contributed by atoms with Crippen LogP contribution in [0, 0.1) is 11.3 Å². The largest absolute Gasteiger partial charge is 0.506 e. The number of aromatic hydroxyl groups is 1. The molecule has 1 aliphatic rings. The number of fused-ring (bicyclic) bond motifs is 2. The van der Waals surface area contributed by atoms with Crippen LogP contribution in [-0.4, -0.2) is 16.9 Å². The SMILES string of the molecule is C=C1C(=O)c2cc(Cl)c(O)cc2C(C)(C)C(C)Nc2cc(C#N)ccc21. The molecule has 0 fully saturated rings. The molecule has 0 aromatic heterocycles. The molecule has 1 heterocycles. The van der Waals surface area contributed by atoms with Crippen LogP contribution in [-0.2, 0) is 5.41 Å². The van der Waals surface area contributed by atoms with Gasteiger partial charge >= 0.3 is 0 Å². The Morgan fingerprint density at radius 2 is 1.96 bits per heavy atom. The number of carbonyl (C=O) groups excluding carboxylic acids is 1. The Morgan fingerprint density at radius 3 is 2.62 bits per heavy atom. The van der Waals surface area contributed by atoms with Gasteiger partial charge in [0.15, 0.2) is 5.78 Å². The highest BCUT2D eigenvalue weighted by molar-refractivity contribution is 6.34. The van der Waals surface area contributed by atoms with E-state index in [4.69, 9.17) is 11.6 Å². The summed E-state index contributed by atoms with van der Waals surface area (Å²) in [4.78, 5) is 13.2. The van der Waals surface area contributed by atoms with Crippen molar-refractivity contribution in [3.63, 3.8) is 0 Å². The number of halogens is 1. The van der Waals surface area contributed by atoms with Gasteiger partial charge in [-0.3, -0.25) is 4.79 Å². The first-order valence-corrected chi connectivity index (χ1v) is 8.62. The second-order valence-corrected chi connectivity index (χ2v) is 7.52. The third kappa shape index (κ3) is 2.75. The molecule has 0 saturated carbocycles. The van der Waals surface area contributed by atoms with Crippen molar-refractivity contribution < 1.29 is 9.90 Å². The number of phenolic OH excluding ortho intramolecular Hbond substituents is 1. The van der Waals surface area contributed by atoms with Crippen molar-refractivity contribution >= 4 is 28.6 Å². The van der Waals surface area contributed by atoms with E-state index in [1.807, 2.05) is 20.8 Å². The number of benzene rings is 2. The number of nitriles is 1. The molecule has 0 saturated heterocycles. The van der Waals surface area contributed by atoms with Crippen molar-refractivity contribution in [3.05, 3.63) is 64.2 Å². The fourth-order valence-corrected chi connectivity index (χ4v) is 3.37. The summed E-state index contributed by atoms with van der Waals surface area (Å²) in [5, 5.41) is 22.8. The van der Waals surface area contributed by atoms with Crippen LogP contribution >= 0.6 is 11.6 Å². The van der Waals surface area contributed by atoms with Crippen LogP contribution in [0.3, 0.4) is 0 Å². The first-order valence-electron chi connectivity index (χ1n) is 8.24. The number of phenols is 1. The highest BCUT2D eigenvalue weighted by Gasteiger charge is 2.35. The van der Waals surface area contributed by atoms with Crippen molar-refractivity contribution in [1.29, 1.82) is 5.26 Å². The third-order valence-electron chi connectivity index (χ3n) is 5.23. The van der Waals surface area contributed by atoms with Crippen LogP contribution in [0.5, 0.6) is 5.75 Å². The molecular formula is C21H19ClN2O2. The zero-order valence-electron chi connectivity index (χ0n) is 14.9. The smallest absolute Gasteiger partial charge is 0.193 e. The molecule has 0 amide bonds. The lowest BCUT2D eigenvalue weighted by atomic mass is 9.75. The Balaban J connectivity index is 2.32. The Kier molecular flexibility index (Phi) is 4.29. The molecule has 2 aromatic rings. The van der Waals surface area contributed by atoms with Gasteiger partial charge in [0, 0.05) is 33.8 Å². The average Bonchev–Trinajstić information content (AvgIpc) is 2.63. The van der Waals surface area contributed by atoms with Gasteiger partial charge in [-0.15, -0.1) is 0 Å². The minimum atomic E-state index is -0.502. The fourth-order valence-electron chi connectivity index (χ4n) is 3.21. The van der Waals surface area contributed by atoms with Gasteiger partial charge < -0.3 is 10.4 Å². The number of anilines is 1. The lowest BCUT2D eigenvalue weighted by molar-refractivity contribution is 0.105. The van der Waals surface area contributed by atoms with Crippen LogP contribution in [0.15, 0.2) is 36.9 Å². The predicted molar refractivity (Wildman–Crippen MR) is 104 cm³/mol. The standard InChI is InChI=1S/C21H19ClN2O2/c1-11-14-6-5-13(10-23)7-18(14)24-12(2)21(3,4)16-9-19(25)17(22)8-15(16)20(11)26/h5-9,12,24-25H,1H2,2-4H3. The summed E-state index contributed by atoms with van der Waals surface area (Å²) in [6.45, 7) is 9.96. The number of hydrogen-bond donors (Lipinski definition) is 2. The van der Waals surface area contributed by atoms with E-state index < -0.39 is 5.41 Å². The highest BCUT2D eigenvalue weighted by atomic mass is 35.5. The van der Waals surface area contributed by atoms with Gasteiger partial charge in [0.2, 0.25) is 0 Å². The van der Waals surface area contributed by atoms with Gasteiger partial charge in [-0.1, -0.05) is 38.1 Å². The summed E-state index contributed by atoms with van der Waals surface area (Å²) in [5.74, 6) is -0.315. The van der Waals surface area contributed by atoms with Crippen LogP contribution < -0.4 is 5.32 Å². The quantitative estimate of drug-likeness (QED) is 0.650. The minimum Gasteiger partial charge on any atom is -0.506 e. The molecule has 5 heteroatoms. The molecule has 0 spiro atoms. The Morgan fingerprint density at radius 1 is 1.27 bits per heavy atom. The van der Waals surface area contributed by atoms with Gasteiger partial charge in [-0.25, -0.2) is 0 Å². The van der Waals surface area contributed by atoms with Crippen LogP contribution in [0.2, 0.25) is 5.02 Å². The Bertz CT molecular complexity index is 986. The predicted octanol–water partition coefficient (Wildman–Crippen LogP) is 4.90. The van der Waals surface area contributed by atoms with E-state index in [-0.39, 0.29) is 22.6 Å². The molecule has 0 aliphatic carbocycles. The number of carbonyl (C=O) groups is 1. The molecule has 26 heavy (non-hydrogen) atoms. The first kappa shape index (κ1) is 18.0. The second kappa shape index (κ2) is 6.19. The van der Waals surface area contributed by atoms with E-state index in [0.717, 1.165) is 0 Å². The summed E-state index contributed by atoms with van der Waals surface area (Å²) in [6.07, 6.45) is 0. The molecule has 0 radical (unpaired) electrons. The molecule has 132 valence electrons. The highest BCUT2D eigenvalue weighted by Crippen LogP contribution is 2.41. The summed E-state index contributed by atoms with van der Waals surface area (Å²) in [6, 6.07) is 10.2.